The van der Waals surface area contributed by atoms with Crippen LogP contribution in [-0.4, -0.2) is 24.7 Å². The monoisotopic (exact) mass is 357 g/mol. The van der Waals surface area contributed by atoms with Gasteiger partial charge >= 0.3 is 0 Å². The van der Waals surface area contributed by atoms with Gasteiger partial charge in [0, 0.05) is 28.3 Å². The zero-order chi connectivity index (χ0) is 16.7. The summed E-state index contributed by atoms with van der Waals surface area (Å²) in [6.07, 6.45) is 0. The highest BCUT2D eigenvalue weighted by molar-refractivity contribution is 7.19. The van der Waals surface area contributed by atoms with Crippen LogP contribution in [0.15, 0.2) is 48.5 Å². The van der Waals surface area contributed by atoms with Crippen molar-refractivity contribution in [3.63, 3.8) is 0 Å². The van der Waals surface area contributed by atoms with Crippen molar-refractivity contribution in [2.75, 3.05) is 0 Å². The fraction of sp³-hybridized carbons (Fsp3) is 0. The molecular weight excluding hydrogens is 350 g/mol. The predicted molar refractivity (Wildman–Crippen MR) is 91.2 cm³/mol. The average Bonchev–Trinajstić information content (AvgIpc) is 3.16. The Balaban J connectivity index is 1.81. The molecule has 0 saturated carbocycles. The largest absolute Gasteiger partial charge is 0.270 e. The van der Waals surface area contributed by atoms with E-state index in [0.717, 1.165) is 5.56 Å². The number of fused-ring (bicyclic) bond motifs is 1. The molecule has 2 aromatic carbocycles. The number of halogens is 1. The maximum absolute atomic E-state index is 10.9. The second-order valence-electron chi connectivity index (χ2n) is 4.94. The lowest BCUT2D eigenvalue weighted by Gasteiger charge is -1.98. The number of aromatic nitrogens is 4. The molecule has 4 aromatic rings. The second-order valence-corrected chi connectivity index (χ2v) is 6.33. The fourth-order valence-electron chi connectivity index (χ4n) is 2.27. The van der Waals surface area contributed by atoms with Crippen molar-refractivity contribution < 1.29 is 4.92 Å². The molecule has 7 nitrogen and oxygen atoms in total. The Morgan fingerprint density at radius 1 is 1.08 bits per heavy atom. The number of hydrogen-bond donors (Lipinski definition) is 0. The summed E-state index contributed by atoms with van der Waals surface area (Å²) in [5.41, 5.74) is 1.53. The van der Waals surface area contributed by atoms with E-state index in [1.807, 2.05) is 12.1 Å². The molecule has 0 fully saturated rings. The van der Waals surface area contributed by atoms with Gasteiger partial charge in [-0.3, -0.25) is 10.1 Å². The summed E-state index contributed by atoms with van der Waals surface area (Å²) >= 11 is 7.22. The molecule has 0 aliphatic heterocycles. The van der Waals surface area contributed by atoms with Crippen LogP contribution in [0.2, 0.25) is 5.02 Å². The van der Waals surface area contributed by atoms with Crippen molar-refractivity contribution >= 4 is 33.6 Å². The topological polar surface area (TPSA) is 86.2 Å². The fourth-order valence-corrected chi connectivity index (χ4v) is 3.23. The zero-order valence-electron chi connectivity index (χ0n) is 12.0. The third kappa shape index (κ3) is 2.51. The van der Waals surface area contributed by atoms with Crippen LogP contribution in [-0.2, 0) is 0 Å². The molecule has 2 aromatic heterocycles. The van der Waals surface area contributed by atoms with Crippen LogP contribution in [0, 0.1) is 10.1 Å². The van der Waals surface area contributed by atoms with Crippen LogP contribution in [0.5, 0.6) is 0 Å². The van der Waals surface area contributed by atoms with Gasteiger partial charge in [0.1, 0.15) is 5.01 Å². The van der Waals surface area contributed by atoms with E-state index in [1.165, 1.54) is 23.5 Å². The molecule has 0 aliphatic rings. The number of nitrogens with zero attached hydrogens (tertiary/aromatic N) is 5. The molecule has 0 amide bonds. The molecule has 9 heteroatoms. The zero-order valence-corrected chi connectivity index (χ0v) is 13.5. The maximum Gasteiger partial charge on any atom is 0.270 e. The number of nitro groups is 1. The van der Waals surface area contributed by atoms with Gasteiger partial charge in [0.25, 0.3) is 5.69 Å². The number of rotatable bonds is 3. The van der Waals surface area contributed by atoms with E-state index >= 15 is 0 Å². The molecular formula is C15H8ClN5O2S. The maximum atomic E-state index is 10.9. The number of hydrogen-bond acceptors (Lipinski definition) is 6. The first-order chi connectivity index (χ1) is 11.6. The Morgan fingerprint density at radius 3 is 2.62 bits per heavy atom. The van der Waals surface area contributed by atoms with Crippen molar-refractivity contribution in [3.05, 3.63) is 63.7 Å². The Morgan fingerprint density at radius 2 is 1.88 bits per heavy atom. The summed E-state index contributed by atoms with van der Waals surface area (Å²) in [6.45, 7) is 0. The van der Waals surface area contributed by atoms with Gasteiger partial charge in [-0.15, -0.1) is 10.2 Å². The Kier molecular flexibility index (Phi) is 3.47. The molecule has 0 spiro atoms. The first-order valence-corrected chi connectivity index (χ1v) is 8.04. The highest BCUT2D eigenvalue weighted by atomic mass is 35.5. The Labute approximate surface area is 144 Å². The van der Waals surface area contributed by atoms with Gasteiger partial charge in [-0.1, -0.05) is 35.1 Å². The van der Waals surface area contributed by atoms with E-state index in [1.54, 1.807) is 28.8 Å². The quantitative estimate of drug-likeness (QED) is 0.407. The van der Waals surface area contributed by atoms with Crippen molar-refractivity contribution in [1.82, 2.24) is 19.8 Å². The molecule has 118 valence electrons. The second kappa shape index (κ2) is 5.66. The van der Waals surface area contributed by atoms with Crippen LogP contribution in [0.1, 0.15) is 0 Å². The van der Waals surface area contributed by atoms with Gasteiger partial charge in [-0.2, -0.15) is 9.61 Å². The van der Waals surface area contributed by atoms with Crippen LogP contribution in [0.25, 0.3) is 26.9 Å². The lowest BCUT2D eigenvalue weighted by Crippen LogP contribution is -1.91. The summed E-state index contributed by atoms with van der Waals surface area (Å²) in [6, 6.07) is 13.6. The van der Waals surface area contributed by atoms with Gasteiger partial charge in [-0.05, 0) is 24.3 Å². The Bertz CT molecular complexity index is 1060. The summed E-state index contributed by atoms with van der Waals surface area (Å²) < 4.78 is 1.63. The summed E-state index contributed by atoms with van der Waals surface area (Å²) in [4.78, 5) is 11.1. The highest BCUT2D eigenvalue weighted by Crippen LogP contribution is 2.30. The molecule has 0 aliphatic carbocycles. The average molecular weight is 358 g/mol. The molecule has 24 heavy (non-hydrogen) atoms. The van der Waals surface area contributed by atoms with Crippen LogP contribution in [0.4, 0.5) is 5.69 Å². The number of nitro benzene ring substituents is 1. The molecule has 0 bridgehead atoms. The molecule has 0 unspecified atom stereocenters. The first kappa shape index (κ1) is 14.7. The standard InChI is InChI=1S/C15H8ClN5O2S/c16-11-6-4-9(5-7-11)13-17-18-15-20(13)19-14(24-15)10-2-1-3-12(8-10)21(22)23/h1-8H. The van der Waals surface area contributed by atoms with E-state index in [0.29, 0.717) is 26.4 Å². The van der Waals surface area contributed by atoms with E-state index < -0.39 is 4.92 Å². The normalized spacial score (nSPS) is 11.0. The van der Waals surface area contributed by atoms with Crippen LogP contribution < -0.4 is 0 Å². The SMILES string of the molecule is O=[N+]([O-])c1cccc(-c2nn3c(-c4ccc(Cl)cc4)nnc3s2)c1. The van der Waals surface area contributed by atoms with E-state index in [4.69, 9.17) is 11.6 Å². The predicted octanol–water partition coefficient (Wildman–Crippen LogP) is 4.08. The Hall–Kier alpha value is -2.84. The summed E-state index contributed by atoms with van der Waals surface area (Å²) in [5.74, 6) is 0.592. The molecule has 0 radical (unpaired) electrons. The molecule has 0 saturated heterocycles. The molecule has 2 heterocycles. The molecule has 0 N–H and O–H groups in total. The minimum Gasteiger partial charge on any atom is -0.258 e. The van der Waals surface area contributed by atoms with Crippen molar-refractivity contribution in [2.24, 2.45) is 0 Å². The van der Waals surface area contributed by atoms with Crippen LogP contribution in [0.3, 0.4) is 0 Å². The smallest absolute Gasteiger partial charge is 0.258 e. The van der Waals surface area contributed by atoms with Crippen molar-refractivity contribution in [3.8, 4) is 22.0 Å². The first-order valence-electron chi connectivity index (χ1n) is 6.85. The van der Waals surface area contributed by atoms with Gasteiger partial charge < -0.3 is 0 Å². The van der Waals surface area contributed by atoms with Crippen molar-refractivity contribution in [1.29, 1.82) is 0 Å². The highest BCUT2D eigenvalue weighted by Gasteiger charge is 2.16. The van der Waals surface area contributed by atoms with Gasteiger partial charge in [-0.25, -0.2) is 0 Å². The van der Waals surface area contributed by atoms with E-state index in [2.05, 4.69) is 15.3 Å². The summed E-state index contributed by atoms with van der Waals surface area (Å²) in [7, 11) is 0. The minimum atomic E-state index is -0.428. The lowest BCUT2D eigenvalue weighted by atomic mass is 10.2. The van der Waals surface area contributed by atoms with Crippen LogP contribution >= 0.6 is 22.9 Å². The van der Waals surface area contributed by atoms with E-state index in [-0.39, 0.29) is 5.69 Å². The minimum absolute atomic E-state index is 0.0244. The number of non-ortho nitro benzene ring substituents is 1. The third-order valence-corrected chi connectivity index (χ3v) is 4.60. The van der Waals surface area contributed by atoms with Gasteiger partial charge in [0.05, 0.1) is 4.92 Å². The third-order valence-electron chi connectivity index (χ3n) is 3.40. The number of benzene rings is 2. The van der Waals surface area contributed by atoms with E-state index in [9.17, 15) is 10.1 Å². The van der Waals surface area contributed by atoms with Gasteiger partial charge in [0.15, 0.2) is 5.82 Å². The van der Waals surface area contributed by atoms with Gasteiger partial charge in [0.2, 0.25) is 4.96 Å². The summed E-state index contributed by atoms with van der Waals surface area (Å²) in [5, 5.41) is 25.0. The molecule has 0 atom stereocenters. The lowest BCUT2D eigenvalue weighted by molar-refractivity contribution is -0.384. The molecule has 4 rings (SSSR count). The van der Waals surface area contributed by atoms with Crippen molar-refractivity contribution in [2.45, 2.75) is 0 Å².